The average molecular weight is 260 g/mol. The van der Waals surface area contributed by atoms with Crippen molar-refractivity contribution in [2.75, 3.05) is 32.5 Å². The van der Waals surface area contributed by atoms with E-state index in [-0.39, 0.29) is 5.56 Å². The van der Waals surface area contributed by atoms with Gasteiger partial charge in [0.05, 0.1) is 5.56 Å². The van der Waals surface area contributed by atoms with Crippen LogP contribution in [0.25, 0.3) is 0 Å². The monoisotopic (exact) mass is 260 g/mol. The molecule has 0 spiro atoms. The Morgan fingerprint density at radius 3 is 2.44 bits per heavy atom. The molecule has 5 heteroatoms. The quantitative estimate of drug-likeness (QED) is 0.816. The summed E-state index contributed by atoms with van der Waals surface area (Å²) in [5.74, 6) is 0. The first-order valence-electron chi connectivity index (χ1n) is 5.87. The summed E-state index contributed by atoms with van der Waals surface area (Å²) in [6.45, 7) is 3.04. The summed E-state index contributed by atoms with van der Waals surface area (Å²) in [6, 6.07) is 4.35. The number of halogens is 3. The van der Waals surface area contributed by atoms with Crippen molar-refractivity contribution in [3.8, 4) is 0 Å². The van der Waals surface area contributed by atoms with Gasteiger partial charge in [-0.3, -0.25) is 0 Å². The van der Waals surface area contributed by atoms with E-state index in [0.717, 1.165) is 13.0 Å². The molecule has 1 aromatic carbocycles. The molecule has 0 bridgehead atoms. The number of nitrogens with zero attached hydrogens (tertiary/aromatic N) is 1. The van der Waals surface area contributed by atoms with E-state index in [1.807, 2.05) is 19.0 Å². The molecule has 0 saturated heterocycles. The normalized spacial score (nSPS) is 11.9. The summed E-state index contributed by atoms with van der Waals surface area (Å²) >= 11 is 0. The van der Waals surface area contributed by atoms with Crippen LogP contribution in [0.5, 0.6) is 0 Å². The minimum Gasteiger partial charge on any atom is -0.385 e. The van der Waals surface area contributed by atoms with Gasteiger partial charge in [0.1, 0.15) is 0 Å². The van der Waals surface area contributed by atoms with E-state index in [1.165, 1.54) is 19.1 Å². The molecule has 0 amide bonds. The number of hydrogen-bond acceptors (Lipinski definition) is 2. The van der Waals surface area contributed by atoms with Gasteiger partial charge in [-0.05, 0) is 51.7 Å². The first-order valence-corrected chi connectivity index (χ1v) is 5.87. The minimum atomic E-state index is -4.29. The minimum absolute atomic E-state index is 0.251. The molecule has 2 nitrogen and oxygen atoms in total. The first kappa shape index (κ1) is 14.8. The van der Waals surface area contributed by atoms with Crippen molar-refractivity contribution < 1.29 is 13.2 Å². The molecule has 1 aromatic rings. The van der Waals surface area contributed by atoms with E-state index in [0.29, 0.717) is 12.2 Å². The third kappa shape index (κ3) is 4.56. The average Bonchev–Trinajstić information content (AvgIpc) is 2.24. The summed E-state index contributed by atoms with van der Waals surface area (Å²) < 4.78 is 38.1. The second-order valence-corrected chi connectivity index (χ2v) is 4.61. The van der Waals surface area contributed by atoms with Crippen LogP contribution in [0.1, 0.15) is 17.5 Å². The van der Waals surface area contributed by atoms with E-state index in [1.54, 1.807) is 6.07 Å². The summed E-state index contributed by atoms with van der Waals surface area (Å²) in [5.41, 5.74) is 0.202. The molecule has 0 radical (unpaired) electrons. The molecule has 0 aromatic heterocycles. The molecular formula is C13H19F3N2. The fourth-order valence-corrected chi connectivity index (χ4v) is 1.67. The predicted octanol–water partition coefficient (Wildman–Crippen LogP) is 3.38. The van der Waals surface area contributed by atoms with E-state index in [4.69, 9.17) is 0 Å². The van der Waals surface area contributed by atoms with Gasteiger partial charge in [0.25, 0.3) is 0 Å². The predicted molar refractivity (Wildman–Crippen MR) is 67.8 cm³/mol. The Kier molecular flexibility index (Phi) is 5.02. The zero-order chi connectivity index (χ0) is 13.8. The number of aryl methyl sites for hydroxylation is 1. The molecule has 0 saturated carbocycles. The van der Waals surface area contributed by atoms with E-state index in [2.05, 4.69) is 5.32 Å². The van der Waals surface area contributed by atoms with Gasteiger partial charge in [0, 0.05) is 12.2 Å². The Morgan fingerprint density at radius 2 is 1.89 bits per heavy atom. The van der Waals surface area contributed by atoms with Gasteiger partial charge < -0.3 is 10.2 Å². The van der Waals surface area contributed by atoms with Crippen LogP contribution in [0.15, 0.2) is 18.2 Å². The van der Waals surface area contributed by atoms with Crippen molar-refractivity contribution in [1.29, 1.82) is 0 Å². The summed E-state index contributed by atoms with van der Waals surface area (Å²) in [4.78, 5) is 2.04. The van der Waals surface area contributed by atoms with Gasteiger partial charge in [-0.25, -0.2) is 0 Å². The maximum atomic E-state index is 12.7. The number of rotatable bonds is 5. The Bertz CT molecular complexity index is 386. The third-order valence-corrected chi connectivity index (χ3v) is 2.65. The molecule has 0 atom stereocenters. The Balaban J connectivity index is 2.63. The highest BCUT2D eigenvalue weighted by Gasteiger charge is 2.32. The Morgan fingerprint density at radius 1 is 1.22 bits per heavy atom. The maximum absolute atomic E-state index is 12.7. The summed E-state index contributed by atoms with van der Waals surface area (Å²) in [6.07, 6.45) is -3.40. The lowest BCUT2D eigenvalue weighted by Gasteiger charge is -2.14. The highest BCUT2D eigenvalue weighted by molar-refractivity contribution is 5.49. The molecule has 1 rings (SSSR count). The third-order valence-electron chi connectivity index (χ3n) is 2.65. The molecule has 0 fully saturated rings. The highest BCUT2D eigenvalue weighted by Crippen LogP contribution is 2.33. The van der Waals surface area contributed by atoms with Crippen LogP contribution in [0.2, 0.25) is 0 Å². The zero-order valence-corrected chi connectivity index (χ0v) is 10.9. The second-order valence-electron chi connectivity index (χ2n) is 4.61. The van der Waals surface area contributed by atoms with Crippen molar-refractivity contribution >= 4 is 5.69 Å². The smallest absolute Gasteiger partial charge is 0.385 e. The number of alkyl halides is 3. The van der Waals surface area contributed by atoms with Gasteiger partial charge in [0.2, 0.25) is 0 Å². The lowest BCUT2D eigenvalue weighted by Crippen LogP contribution is -2.16. The number of hydrogen-bond donors (Lipinski definition) is 1. The van der Waals surface area contributed by atoms with Crippen molar-refractivity contribution in [3.63, 3.8) is 0 Å². The van der Waals surface area contributed by atoms with Crippen molar-refractivity contribution in [3.05, 3.63) is 29.3 Å². The van der Waals surface area contributed by atoms with Crippen molar-refractivity contribution in [1.82, 2.24) is 4.90 Å². The SMILES string of the molecule is Cc1ccc(NCCCN(C)C)cc1C(F)(F)F. The molecule has 0 aliphatic heterocycles. The van der Waals surface area contributed by atoms with Crippen LogP contribution >= 0.6 is 0 Å². The lowest BCUT2D eigenvalue weighted by atomic mass is 10.1. The van der Waals surface area contributed by atoms with Crippen molar-refractivity contribution in [2.24, 2.45) is 0 Å². The van der Waals surface area contributed by atoms with Gasteiger partial charge in [0.15, 0.2) is 0 Å². The van der Waals surface area contributed by atoms with E-state index in [9.17, 15) is 13.2 Å². The fourth-order valence-electron chi connectivity index (χ4n) is 1.67. The van der Waals surface area contributed by atoms with Gasteiger partial charge >= 0.3 is 6.18 Å². The van der Waals surface area contributed by atoms with Gasteiger partial charge in [-0.2, -0.15) is 13.2 Å². The molecule has 0 aliphatic rings. The van der Waals surface area contributed by atoms with E-state index >= 15 is 0 Å². The molecular weight excluding hydrogens is 241 g/mol. The van der Waals surface area contributed by atoms with Gasteiger partial charge in [-0.1, -0.05) is 6.07 Å². The molecule has 102 valence electrons. The van der Waals surface area contributed by atoms with Crippen LogP contribution in [-0.2, 0) is 6.18 Å². The molecule has 0 aliphatic carbocycles. The fraction of sp³-hybridized carbons (Fsp3) is 0.538. The Labute approximate surface area is 106 Å². The lowest BCUT2D eigenvalue weighted by molar-refractivity contribution is -0.138. The molecule has 0 unspecified atom stereocenters. The molecule has 0 heterocycles. The zero-order valence-electron chi connectivity index (χ0n) is 10.9. The summed E-state index contributed by atoms with van der Waals surface area (Å²) in [7, 11) is 3.93. The van der Waals surface area contributed by atoms with Crippen LogP contribution in [0, 0.1) is 6.92 Å². The van der Waals surface area contributed by atoms with Crippen molar-refractivity contribution in [2.45, 2.75) is 19.5 Å². The highest BCUT2D eigenvalue weighted by atomic mass is 19.4. The van der Waals surface area contributed by atoms with Crippen LogP contribution in [-0.4, -0.2) is 32.1 Å². The number of anilines is 1. The standard InChI is InChI=1S/C13H19F3N2/c1-10-5-6-11(9-12(10)13(14,15)16)17-7-4-8-18(2)3/h5-6,9,17H,4,7-8H2,1-3H3. The van der Waals surface area contributed by atoms with Crippen LogP contribution in [0.3, 0.4) is 0 Å². The number of benzene rings is 1. The number of nitrogens with one attached hydrogen (secondary N) is 1. The molecule has 1 N–H and O–H groups in total. The van der Waals surface area contributed by atoms with E-state index < -0.39 is 11.7 Å². The second kappa shape index (κ2) is 6.09. The molecule has 18 heavy (non-hydrogen) atoms. The van der Waals surface area contributed by atoms with Crippen LogP contribution in [0.4, 0.5) is 18.9 Å². The van der Waals surface area contributed by atoms with Crippen LogP contribution < -0.4 is 5.32 Å². The maximum Gasteiger partial charge on any atom is 0.416 e. The summed E-state index contributed by atoms with van der Waals surface area (Å²) in [5, 5.41) is 3.01. The van der Waals surface area contributed by atoms with Gasteiger partial charge in [-0.15, -0.1) is 0 Å². The topological polar surface area (TPSA) is 15.3 Å². The Hall–Kier alpha value is -1.23. The largest absolute Gasteiger partial charge is 0.416 e. The first-order chi connectivity index (χ1) is 8.30.